The molecule has 1 aliphatic rings. The van der Waals surface area contributed by atoms with Gasteiger partial charge in [0.15, 0.2) is 0 Å². The Hall–Kier alpha value is -3.73. The first-order valence-electron chi connectivity index (χ1n) is 11.3. The third-order valence-corrected chi connectivity index (χ3v) is 7.11. The van der Waals surface area contributed by atoms with Crippen LogP contribution in [0.2, 0.25) is 5.02 Å². The number of thioether (sulfide) groups is 1. The van der Waals surface area contributed by atoms with Crippen molar-refractivity contribution in [3.63, 3.8) is 0 Å². The summed E-state index contributed by atoms with van der Waals surface area (Å²) in [6, 6.07) is 24.8. The first kappa shape index (κ1) is 25.4. The number of carbonyl (C=O) groups is 2. The zero-order valence-electron chi connectivity index (χ0n) is 19.6. The number of hydrogen-bond acceptors (Lipinski definition) is 5. The van der Waals surface area contributed by atoms with Crippen LogP contribution in [0, 0.1) is 18.3 Å². The number of aryl methyl sites for hydroxylation is 1. The third kappa shape index (κ3) is 6.48. The summed E-state index contributed by atoms with van der Waals surface area (Å²) in [5.41, 5.74) is 3.84. The molecule has 0 saturated carbocycles. The zero-order valence-corrected chi connectivity index (χ0v) is 21.2. The molecule has 2 N–H and O–H groups in total. The number of halogens is 1. The SMILES string of the molecule is Cc1ccc(NC(=O)CSC2=C(C#N)[C@H](c3ccc(OCc4ccccc4)cc3)CC(=O)N2)cc1Cl. The van der Waals surface area contributed by atoms with Crippen molar-refractivity contribution in [2.75, 3.05) is 11.1 Å². The molecule has 0 aromatic heterocycles. The number of carbonyl (C=O) groups excluding carboxylic acids is 2. The molecule has 6 nitrogen and oxygen atoms in total. The minimum absolute atomic E-state index is 0.0330. The fourth-order valence-corrected chi connectivity index (χ4v) is 4.82. The summed E-state index contributed by atoms with van der Waals surface area (Å²) in [6.07, 6.45) is 0.158. The molecule has 0 bridgehead atoms. The molecule has 0 aliphatic carbocycles. The van der Waals surface area contributed by atoms with Gasteiger partial charge < -0.3 is 15.4 Å². The van der Waals surface area contributed by atoms with Crippen LogP contribution in [0.3, 0.4) is 0 Å². The van der Waals surface area contributed by atoms with Crippen molar-refractivity contribution in [2.24, 2.45) is 0 Å². The quantitative estimate of drug-likeness (QED) is 0.386. The van der Waals surface area contributed by atoms with Crippen molar-refractivity contribution in [3.05, 3.63) is 105 Å². The van der Waals surface area contributed by atoms with Crippen LogP contribution in [0.1, 0.15) is 29.0 Å². The first-order chi connectivity index (χ1) is 17.4. The lowest BCUT2D eigenvalue weighted by Gasteiger charge is -2.25. The second kappa shape index (κ2) is 11.8. The fraction of sp³-hybridized carbons (Fsp3) is 0.179. The fourth-order valence-electron chi connectivity index (χ4n) is 3.76. The van der Waals surface area contributed by atoms with E-state index in [9.17, 15) is 14.9 Å². The minimum atomic E-state index is -0.395. The molecule has 1 heterocycles. The number of nitrogens with zero attached hydrogens (tertiary/aromatic N) is 1. The molecule has 3 aromatic carbocycles. The number of nitrogens with one attached hydrogen (secondary N) is 2. The van der Waals surface area contributed by atoms with Crippen molar-refractivity contribution in [2.45, 2.75) is 25.9 Å². The summed E-state index contributed by atoms with van der Waals surface area (Å²) in [4.78, 5) is 24.9. The van der Waals surface area contributed by atoms with E-state index in [2.05, 4.69) is 16.7 Å². The lowest BCUT2D eigenvalue weighted by atomic mass is 9.87. The van der Waals surface area contributed by atoms with Gasteiger partial charge in [0.05, 0.1) is 22.4 Å². The molecule has 0 spiro atoms. The lowest BCUT2D eigenvalue weighted by Crippen LogP contribution is -2.31. The smallest absolute Gasteiger partial charge is 0.234 e. The Morgan fingerprint density at radius 3 is 2.61 bits per heavy atom. The van der Waals surface area contributed by atoms with Gasteiger partial charge in [-0.15, -0.1) is 0 Å². The molecule has 0 saturated heterocycles. The maximum Gasteiger partial charge on any atom is 0.234 e. The van der Waals surface area contributed by atoms with Gasteiger partial charge in [-0.25, -0.2) is 0 Å². The van der Waals surface area contributed by atoms with Crippen LogP contribution in [0.15, 0.2) is 83.4 Å². The van der Waals surface area contributed by atoms with Gasteiger partial charge in [-0.05, 0) is 47.9 Å². The summed E-state index contributed by atoms with van der Waals surface area (Å²) in [6.45, 7) is 2.33. The predicted molar refractivity (Wildman–Crippen MR) is 143 cm³/mol. The second-order valence-corrected chi connectivity index (χ2v) is 9.70. The summed E-state index contributed by atoms with van der Waals surface area (Å²) < 4.78 is 5.84. The standard InChI is InChI=1S/C28H24ClN3O3S/c1-18-7-10-21(13-25(18)29)31-27(34)17-36-28-24(15-30)23(14-26(33)32-28)20-8-11-22(12-9-20)35-16-19-5-3-2-4-6-19/h2-13,23H,14,16-17H2,1H3,(H,31,34)(H,32,33)/t23-/m0/s1. The molecule has 36 heavy (non-hydrogen) atoms. The molecule has 0 radical (unpaired) electrons. The van der Waals surface area contributed by atoms with Crippen molar-refractivity contribution >= 4 is 40.9 Å². The van der Waals surface area contributed by atoms with Gasteiger partial charge in [0.2, 0.25) is 11.8 Å². The number of benzene rings is 3. The molecule has 1 aliphatic heterocycles. The molecule has 3 aromatic rings. The largest absolute Gasteiger partial charge is 0.489 e. The molecule has 0 fully saturated rings. The van der Waals surface area contributed by atoms with Gasteiger partial charge in [-0.3, -0.25) is 9.59 Å². The van der Waals surface area contributed by atoms with Gasteiger partial charge in [-0.1, -0.05) is 71.9 Å². The van der Waals surface area contributed by atoms with E-state index >= 15 is 0 Å². The van der Waals surface area contributed by atoms with Crippen LogP contribution < -0.4 is 15.4 Å². The van der Waals surface area contributed by atoms with Crippen LogP contribution in [0.4, 0.5) is 5.69 Å². The van der Waals surface area contributed by atoms with Gasteiger partial charge in [-0.2, -0.15) is 5.26 Å². The summed E-state index contributed by atoms with van der Waals surface area (Å²) >= 11 is 7.26. The Morgan fingerprint density at radius 2 is 1.92 bits per heavy atom. The third-order valence-electron chi connectivity index (χ3n) is 5.69. The average molecular weight is 518 g/mol. The molecule has 1 atom stereocenters. The molecule has 2 amide bonds. The summed E-state index contributed by atoms with van der Waals surface area (Å²) in [5, 5.41) is 16.4. The van der Waals surface area contributed by atoms with E-state index in [1.165, 1.54) is 0 Å². The average Bonchev–Trinajstić information content (AvgIpc) is 2.89. The lowest BCUT2D eigenvalue weighted by molar-refractivity contribution is -0.121. The normalized spacial score (nSPS) is 15.1. The Labute approximate surface area is 219 Å². The number of allylic oxidation sites excluding steroid dienone is 1. The van der Waals surface area contributed by atoms with Crippen LogP contribution in [0.5, 0.6) is 5.75 Å². The van der Waals surface area contributed by atoms with E-state index in [1.54, 1.807) is 12.1 Å². The Bertz CT molecular complexity index is 1330. The number of nitriles is 1. The predicted octanol–water partition coefficient (Wildman–Crippen LogP) is 5.94. The Morgan fingerprint density at radius 1 is 1.17 bits per heavy atom. The van der Waals surface area contributed by atoms with Crippen molar-refractivity contribution in [3.8, 4) is 11.8 Å². The van der Waals surface area contributed by atoms with E-state index in [-0.39, 0.29) is 24.0 Å². The van der Waals surface area contributed by atoms with Gasteiger partial charge in [0.1, 0.15) is 12.4 Å². The number of amides is 2. The van der Waals surface area contributed by atoms with Crippen LogP contribution >= 0.6 is 23.4 Å². The van der Waals surface area contributed by atoms with Gasteiger partial charge >= 0.3 is 0 Å². The Kier molecular flexibility index (Phi) is 8.32. The maximum absolute atomic E-state index is 12.5. The van der Waals surface area contributed by atoms with E-state index in [1.807, 2.05) is 67.6 Å². The zero-order chi connectivity index (χ0) is 25.5. The minimum Gasteiger partial charge on any atom is -0.489 e. The number of hydrogen-bond donors (Lipinski definition) is 2. The van der Waals surface area contributed by atoms with Crippen molar-refractivity contribution in [1.82, 2.24) is 5.32 Å². The summed E-state index contributed by atoms with van der Waals surface area (Å²) in [5.74, 6) is -0.121. The molecular weight excluding hydrogens is 494 g/mol. The maximum atomic E-state index is 12.5. The Balaban J connectivity index is 1.42. The summed E-state index contributed by atoms with van der Waals surface area (Å²) in [7, 11) is 0. The second-order valence-electron chi connectivity index (χ2n) is 8.30. The monoisotopic (exact) mass is 517 g/mol. The molecule has 8 heteroatoms. The molecule has 0 unspecified atom stereocenters. The van der Waals surface area contributed by atoms with Crippen molar-refractivity contribution in [1.29, 1.82) is 5.26 Å². The molecule has 4 rings (SSSR count). The van der Waals surface area contributed by atoms with Crippen LogP contribution in [-0.4, -0.2) is 17.6 Å². The van der Waals surface area contributed by atoms with E-state index in [0.29, 0.717) is 33.7 Å². The van der Waals surface area contributed by atoms with E-state index < -0.39 is 5.92 Å². The van der Waals surface area contributed by atoms with Crippen LogP contribution in [0.25, 0.3) is 0 Å². The molecule has 182 valence electrons. The highest BCUT2D eigenvalue weighted by Gasteiger charge is 2.30. The van der Waals surface area contributed by atoms with Crippen molar-refractivity contribution < 1.29 is 14.3 Å². The highest BCUT2D eigenvalue weighted by atomic mass is 35.5. The van der Waals surface area contributed by atoms with Gasteiger partial charge in [0, 0.05) is 23.0 Å². The number of ether oxygens (including phenoxy) is 1. The highest BCUT2D eigenvalue weighted by Crippen LogP contribution is 2.36. The molecular formula is C28H24ClN3O3S. The number of rotatable bonds is 8. The topological polar surface area (TPSA) is 91.2 Å². The van der Waals surface area contributed by atoms with Crippen LogP contribution in [-0.2, 0) is 16.2 Å². The van der Waals surface area contributed by atoms with Gasteiger partial charge in [0.25, 0.3) is 0 Å². The van der Waals surface area contributed by atoms with E-state index in [0.717, 1.165) is 28.5 Å². The first-order valence-corrected chi connectivity index (χ1v) is 12.7. The highest BCUT2D eigenvalue weighted by molar-refractivity contribution is 8.03. The number of anilines is 1. The van der Waals surface area contributed by atoms with E-state index in [4.69, 9.17) is 16.3 Å².